The lowest BCUT2D eigenvalue weighted by Crippen LogP contribution is -2.33. The first kappa shape index (κ1) is 13.5. The van der Waals surface area contributed by atoms with E-state index in [2.05, 4.69) is 17.2 Å². The van der Waals surface area contributed by atoms with E-state index < -0.39 is 0 Å². The van der Waals surface area contributed by atoms with Crippen molar-refractivity contribution in [3.05, 3.63) is 29.8 Å². The number of pyridine rings is 1. The van der Waals surface area contributed by atoms with Crippen LogP contribution < -0.4 is 5.32 Å². The van der Waals surface area contributed by atoms with Gasteiger partial charge in [-0.15, -0.1) is 0 Å². The molecule has 1 aromatic heterocycles. The summed E-state index contributed by atoms with van der Waals surface area (Å²) in [4.78, 5) is 3.84. The third-order valence-corrected chi connectivity index (χ3v) is 4.37. The van der Waals surface area contributed by atoms with E-state index in [0.29, 0.717) is 11.8 Å². The molecule has 1 aliphatic carbocycles. The summed E-state index contributed by atoms with van der Waals surface area (Å²) in [5.74, 6) is 1.08. The largest absolute Gasteiger partial charge is 0.313 e. The normalized spacial score (nSPS) is 25.9. The van der Waals surface area contributed by atoms with Crippen LogP contribution in [0.1, 0.15) is 50.6 Å². The van der Waals surface area contributed by atoms with E-state index in [1.165, 1.54) is 38.3 Å². The molecule has 0 aromatic carbocycles. The zero-order valence-corrected chi connectivity index (χ0v) is 11.3. The average Bonchev–Trinajstić information content (AvgIpc) is 2.42. The van der Waals surface area contributed by atoms with Crippen molar-refractivity contribution in [3.8, 4) is 0 Å². The molecule has 100 valence electrons. The lowest BCUT2D eigenvalue weighted by Gasteiger charge is -2.37. The van der Waals surface area contributed by atoms with Crippen LogP contribution in [0.15, 0.2) is 18.5 Å². The van der Waals surface area contributed by atoms with Crippen LogP contribution in [0.5, 0.6) is 0 Å². The Hall–Kier alpha value is -0.960. The highest BCUT2D eigenvalue weighted by Crippen LogP contribution is 2.40. The summed E-state index contributed by atoms with van der Waals surface area (Å²) >= 11 is 0. The monoisotopic (exact) mass is 250 g/mol. The van der Waals surface area contributed by atoms with Gasteiger partial charge >= 0.3 is 0 Å². The van der Waals surface area contributed by atoms with Crippen LogP contribution in [-0.4, -0.2) is 12.0 Å². The molecule has 0 radical (unpaired) electrons. The molecular weight excluding hydrogens is 227 g/mol. The number of nitrogens with zero attached hydrogens (tertiary/aromatic N) is 1. The molecule has 0 aliphatic heterocycles. The van der Waals surface area contributed by atoms with Gasteiger partial charge < -0.3 is 5.32 Å². The maximum absolute atomic E-state index is 13.9. The van der Waals surface area contributed by atoms with E-state index in [4.69, 9.17) is 0 Å². The van der Waals surface area contributed by atoms with Gasteiger partial charge in [0.15, 0.2) is 0 Å². The zero-order chi connectivity index (χ0) is 13.0. The molecule has 1 fully saturated rings. The van der Waals surface area contributed by atoms with Gasteiger partial charge in [-0.2, -0.15) is 0 Å². The number of rotatable bonds is 4. The molecule has 1 saturated carbocycles. The Bertz CT molecular complexity index is 381. The Balaban J connectivity index is 2.24. The number of hydrogen-bond donors (Lipinski definition) is 1. The summed E-state index contributed by atoms with van der Waals surface area (Å²) in [5.41, 5.74) is 0.776. The van der Waals surface area contributed by atoms with Crippen molar-refractivity contribution in [3.63, 3.8) is 0 Å². The van der Waals surface area contributed by atoms with E-state index in [-0.39, 0.29) is 11.9 Å². The van der Waals surface area contributed by atoms with Crippen LogP contribution in [-0.2, 0) is 0 Å². The number of hydrogen-bond acceptors (Lipinski definition) is 2. The van der Waals surface area contributed by atoms with Crippen molar-refractivity contribution < 1.29 is 4.39 Å². The fraction of sp³-hybridized carbons (Fsp3) is 0.667. The Morgan fingerprint density at radius 3 is 2.89 bits per heavy atom. The van der Waals surface area contributed by atoms with Crippen molar-refractivity contribution in [1.82, 2.24) is 10.3 Å². The van der Waals surface area contributed by atoms with Gasteiger partial charge in [0.25, 0.3) is 0 Å². The first-order valence-corrected chi connectivity index (χ1v) is 7.04. The summed E-state index contributed by atoms with van der Waals surface area (Å²) in [6, 6.07) is 1.94. The van der Waals surface area contributed by atoms with Gasteiger partial charge in [-0.05, 0) is 31.4 Å². The van der Waals surface area contributed by atoms with Gasteiger partial charge in [0.1, 0.15) is 5.82 Å². The first-order valence-electron chi connectivity index (χ1n) is 7.04. The summed E-state index contributed by atoms with van der Waals surface area (Å²) in [7, 11) is 1.94. The van der Waals surface area contributed by atoms with Gasteiger partial charge in [0, 0.05) is 17.8 Å². The van der Waals surface area contributed by atoms with Crippen molar-refractivity contribution in [1.29, 1.82) is 0 Å². The molecule has 0 spiro atoms. The molecule has 3 unspecified atom stereocenters. The van der Waals surface area contributed by atoms with Crippen LogP contribution in [0.2, 0.25) is 0 Å². The third-order valence-electron chi connectivity index (χ3n) is 4.37. The maximum atomic E-state index is 13.9. The Kier molecular flexibility index (Phi) is 4.70. The van der Waals surface area contributed by atoms with E-state index in [9.17, 15) is 4.39 Å². The fourth-order valence-corrected chi connectivity index (χ4v) is 3.42. The van der Waals surface area contributed by atoms with E-state index in [0.717, 1.165) is 5.56 Å². The number of halogens is 1. The standard InChI is InChI=1S/C15H23FN2/c1-3-11-6-4-5-7-12(11)15(17-2)13-8-9-18-10-14(13)16/h8-12,15,17H,3-7H2,1-2H3. The molecule has 0 bridgehead atoms. The number of nitrogens with one attached hydrogen (secondary N) is 1. The Morgan fingerprint density at radius 1 is 1.44 bits per heavy atom. The van der Waals surface area contributed by atoms with Gasteiger partial charge in [-0.25, -0.2) is 4.39 Å². The summed E-state index contributed by atoms with van der Waals surface area (Å²) < 4.78 is 13.9. The van der Waals surface area contributed by atoms with Crippen molar-refractivity contribution in [2.75, 3.05) is 7.05 Å². The highest BCUT2D eigenvalue weighted by Gasteiger charge is 2.32. The molecule has 3 atom stereocenters. The molecule has 0 amide bonds. The highest BCUT2D eigenvalue weighted by molar-refractivity contribution is 5.18. The van der Waals surface area contributed by atoms with Gasteiger partial charge in [0.2, 0.25) is 0 Å². The average molecular weight is 250 g/mol. The Labute approximate surface area is 109 Å². The minimum absolute atomic E-state index is 0.123. The molecular formula is C15H23FN2. The van der Waals surface area contributed by atoms with Crippen LogP contribution in [0.3, 0.4) is 0 Å². The van der Waals surface area contributed by atoms with E-state index >= 15 is 0 Å². The predicted molar refractivity (Wildman–Crippen MR) is 71.7 cm³/mol. The molecule has 18 heavy (non-hydrogen) atoms. The smallest absolute Gasteiger partial charge is 0.146 e. The highest BCUT2D eigenvalue weighted by atomic mass is 19.1. The van der Waals surface area contributed by atoms with Crippen LogP contribution in [0, 0.1) is 17.7 Å². The first-order chi connectivity index (χ1) is 8.77. The Morgan fingerprint density at radius 2 is 2.22 bits per heavy atom. The quantitative estimate of drug-likeness (QED) is 0.881. The molecule has 3 heteroatoms. The van der Waals surface area contributed by atoms with E-state index in [1.54, 1.807) is 6.20 Å². The maximum Gasteiger partial charge on any atom is 0.146 e. The van der Waals surface area contributed by atoms with Crippen LogP contribution in [0.4, 0.5) is 4.39 Å². The number of aromatic nitrogens is 1. The molecule has 1 N–H and O–H groups in total. The molecule has 2 rings (SSSR count). The summed E-state index contributed by atoms with van der Waals surface area (Å²) in [6.07, 6.45) is 9.28. The van der Waals surface area contributed by atoms with Crippen molar-refractivity contribution in [2.24, 2.45) is 11.8 Å². The second kappa shape index (κ2) is 6.28. The van der Waals surface area contributed by atoms with Gasteiger partial charge in [-0.3, -0.25) is 4.98 Å². The predicted octanol–water partition coefficient (Wildman–Crippen LogP) is 3.70. The minimum atomic E-state index is -0.183. The third kappa shape index (κ3) is 2.72. The molecule has 2 nitrogen and oxygen atoms in total. The van der Waals surface area contributed by atoms with Gasteiger partial charge in [-0.1, -0.05) is 32.6 Å². The summed E-state index contributed by atoms with van der Waals surface area (Å²) in [5, 5.41) is 3.33. The lowest BCUT2D eigenvalue weighted by atomic mass is 9.72. The second-order valence-corrected chi connectivity index (χ2v) is 5.28. The fourth-order valence-electron chi connectivity index (χ4n) is 3.42. The summed E-state index contributed by atoms with van der Waals surface area (Å²) in [6.45, 7) is 2.25. The van der Waals surface area contributed by atoms with Crippen LogP contribution >= 0.6 is 0 Å². The lowest BCUT2D eigenvalue weighted by molar-refractivity contribution is 0.178. The van der Waals surface area contributed by atoms with Crippen LogP contribution in [0.25, 0.3) is 0 Å². The molecule has 0 saturated heterocycles. The van der Waals surface area contributed by atoms with Crippen molar-refractivity contribution >= 4 is 0 Å². The SMILES string of the molecule is CCC1CCCCC1C(NC)c1ccncc1F. The topological polar surface area (TPSA) is 24.9 Å². The van der Waals surface area contributed by atoms with Crippen molar-refractivity contribution in [2.45, 2.75) is 45.1 Å². The molecule has 1 heterocycles. The van der Waals surface area contributed by atoms with E-state index in [1.807, 2.05) is 13.1 Å². The minimum Gasteiger partial charge on any atom is -0.313 e. The van der Waals surface area contributed by atoms with Gasteiger partial charge in [0.05, 0.1) is 6.20 Å². The molecule has 1 aromatic rings. The second-order valence-electron chi connectivity index (χ2n) is 5.28. The molecule has 1 aliphatic rings. The zero-order valence-electron chi connectivity index (χ0n) is 11.3.